The quantitative estimate of drug-likeness (QED) is 0.578. The highest BCUT2D eigenvalue weighted by Gasteiger charge is 2.40. The third kappa shape index (κ3) is 5.82. The fourth-order valence-corrected chi connectivity index (χ4v) is 1.93. The molecule has 0 aliphatic heterocycles. The number of carbonyl (C=O) groups excluding carboxylic acids is 1. The first-order chi connectivity index (χ1) is 8.93. The molecule has 3 N–H and O–H groups in total. The molecular weight excluding hydrogens is 262 g/mol. The lowest BCUT2D eigenvalue weighted by atomic mass is 9.74. The highest BCUT2D eigenvalue weighted by Crippen LogP contribution is 2.34. The van der Waals surface area contributed by atoms with E-state index in [1.165, 1.54) is 0 Å². The van der Waals surface area contributed by atoms with Crippen molar-refractivity contribution >= 4 is 12.0 Å². The Morgan fingerprint density at radius 1 is 1.37 bits per heavy atom. The lowest BCUT2D eigenvalue weighted by molar-refractivity contribution is -0.139. The van der Waals surface area contributed by atoms with E-state index in [0.29, 0.717) is 12.8 Å². The fourth-order valence-electron chi connectivity index (χ4n) is 1.93. The molecular formula is C11H18F2N2O4. The van der Waals surface area contributed by atoms with Gasteiger partial charge in [0.25, 0.3) is 6.43 Å². The van der Waals surface area contributed by atoms with Gasteiger partial charge in [-0.2, -0.15) is 0 Å². The molecule has 1 aliphatic rings. The normalized spacial score (nSPS) is 16.8. The van der Waals surface area contributed by atoms with Crippen molar-refractivity contribution < 1.29 is 28.2 Å². The maximum absolute atomic E-state index is 11.7. The van der Waals surface area contributed by atoms with Crippen LogP contribution in [0.1, 0.15) is 25.7 Å². The summed E-state index contributed by atoms with van der Waals surface area (Å²) in [5.41, 5.74) is -0.667. The van der Waals surface area contributed by atoms with E-state index in [-0.39, 0.29) is 19.6 Å². The lowest BCUT2D eigenvalue weighted by Crippen LogP contribution is -2.57. The fraction of sp³-hybridized carbons (Fsp3) is 0.818. The Kier molecular flexibility index (Phi) is 5.94. The van der Waals surface area contributed by atoms with Crippen molar-refractivity contribution in [3.8, 4) is 0 Å². The van der Waals surface area contributed by atoms with Crippen LogP contribution in [0.2, 0.25) is 0 Å². The van der Waals surface area contributed by atoms with E-state index in [9.17, 15) is 18.4 Å². The second kappa shape index (κ2) is 7.22. The van der Waals surface area contributed by atoms with Gasteiger partial charge in [0.2, 0.25) is 0 Å². The lowest BCUT2D eigenvalue weighted by Gasteiger charge is -2.41. The Morgan fingerprint density at radius 3 is 2.53 bits per heavy atom. The van der Waals surface area contributed by atoms with Crippen molar-refractivity contribution in [2.45, 2.75) is 37.6 Å². The molecule has 0 radical (unpaired) electrons. The van der Waals surface area contributed by atoms with Crippen LogP contribution in [0.4, 0.5) is 13.6 Å². The number of urea groups is 1. The zero-order valence-electron chi connectivity index (χ0n) is 10.5. The molecule has 1 aliphatic carbocycles. The molecule has 0 heterocycles. The second-order valence-corrected chi connectivity index (χ2v) is 4.55. The van der Waals surface area contributed by atoms with Gasteiger partial charge >= 0.3 is 12.0 Å². The summed E-state index contributed by atoms with van der Waals surface area (Å²) < 4.78 is 28.1. The highest BCUT2D eigenvalue weighted by molar-refractivity contribution is 5.77. The van der Waals surface area contributed by atoms with E-state index in [0.717, 1.165) is 6.42 Å². The molecule has 0 atom stereocenters. The van der Waals surface area contributed by atoms with Crippen LogP contribution >= 0.6 is 0 Å². The van der Waals surface area contributed by atoms with Gasteiger partial charge in [0, 0.05) is 6.54 Å². The number of carbonyl (C=O) groups is 2. The Balaban J connectivity index is 2.17. The third-order valence-corrected chi connectivity index (χ3v) is 2.95. The monoisotopic (exact) mass is 280 g/mol. The van der Waals surface area contributed by atoms with E-state index in [1.54, 1.807) is 0 Å². The van der Waals surface area contributed by atoms with Crippen molar-refractivity contribution in [2.75, 3.05) is 19.8 Å². The Morgan fingerprint density at radius 2 is 2.05 bits per heavy atom. The number of rotatable bonds is 8. The minimum Gasteiger partial charge on any atom is -0.481 e. The number of carboxylic acid groups (broad SMARTS) is 1. The molecule has 0 bridgehead atoms. The van der Waals surface area contributed by atoms with Gasteiger partial charge in [0.05, 0.1) is 18.6 Å². The van der Waals surface area contributed by atoms with Crippen molar-refractivity contribution in [2.24, 2.45) is 0 Å². The van der Waals surface area contributed by atoms with Crippen LogP contribution in [0.3, 0.4) is 0 Å². The highest BCUT2D eigenvalue weighted by atomic mass is 19.3. The number of ether oxygens (including phenoxy) is 1. The molecule has 6 nitrogen and oxygen atoms in total. The molecule has 1 fully saturated rings. The molecule has 0 unspecified atom stereocenters. The minimum atomic E-state index is -2.53. The van der Waals surface area contributed by atoms with Crippen LogP contribution in [0, 0.1) is 0 Å². The minimum absolute atomic E-state index is 0.0102. The van der Waals surface area contributed by atoms with Crippen LogP contribution in [-0.2, 0) is 9.53 Å². The largest absolute Gasteiger partial charge is 0.481 e. The first kappa shape index (κ1) is 15.6. The van der Waals surface area contributed by atoms with Crippen LogP contribution < -0.4 is 10.6 Å². The summed E-state index contributed by atoms with van der Waals surface area (Å²) in [6.45, 7) is -0.572. The predicted molar refractivity (Wildman–Crippen MR) is 62.2 cm³/mol. The van der Waals surface area contributed by atoms with Gasteiger partial charge in [-0.1, -0.05) is 0 Å². The predicted octanol–water partition coefficient (Wildman–Crippen LogP) is 0.965. The van der Waals surface area contributed by atoms with Crippen LogP contribution in [0.25, 0.3) is 0 Å². The number of hydrogen-bond donors (Lipinski definition) is 3. The third-order valence-electron chi connectivity index (χ3n) is 2.95. The van der Waals surface area contributed by atoms with Gasteiger partial charge in [-0.15, -0.1) is 0 Å². The summed E-state index contributed by atoms with van der Waals surface area (Å²) in [6, 6.07) is -0.499. The number of aliphatic carboxylic acids is 1. The van der Waals surface area contributed by atoms with Gasteiger partial charge in [-0.3, -0.25) is 4.79 Å². The number of alkyl halides is 2. The molecule has 0 aromatic rings. The molecule has 19 heavy (non-hydrogen) atoms. The molecule has 2 amide bonds. The van der Waals surface area contributed by atoms with E-state index >= 15 is 0 Å². The average molecular weight is 280 g/mol. The standard InChI is InChI=1S/C11H18F2N2O4/c12-8(13)7-19-5-4-14-10(18)15-11(2-1-3-11)6-9(16)17/h8H,1-7H2,(H,16,17)(H2,14,15,18). The van der Waals surface area contributed by atoms with Crippen LogP contribution in [0.5, 0.6) is 0 Å². The molecule has 8 heteroatoms. The topological polar surface area (TPSA) is 87.7 Å². The number of nitrogens with one attached hydrogen (secondary N) is 2. The number of halogens is 2. The second-order valence-electron chi connectivity index (χ2n) is 4.55. The molecule has 110 valence electrons. The van der Waals surface area contributed by atoms with Gasteiger partial charge in [0.1, 0.15) is 6.61 Å². The van der Waals surface area contributed by atoms with E-state index in [2.05, 4.69) is 15.4 Å². The number of amides is 2. The van der Waals surface area contributed by atoms with Gasteiger partial charge in [-0.25, -0.2) is 13.6 Å². The van der Waals surface area contributed by atoms with Crippen molar-refractivity contribution in [1.29, 1.82) is 0 Å². The van der Waals surface area contributed by atoms with Crippen molar-refractivity contribution in [3.05, 3.63) is 0 Å². The molecule has 1 saturated carbocycles. The molecule has 0 saturated heterocycles. The van der Waals surface area contributed by atoms with Gasteiger partial charge in [-0.05, 0) is 19.3 Å². The van der Waals surface area contributed by atoms with Crippen LogP contribution in [-0.4, -0.2) is 48.8 Å². The Labute approximate surface area is 109 Å². The zero-order chi connectivity index (χ0) is 14.3. The smallest absolute Gasteiger partial charge is 0.315 e. The van der Waals surface area contributed by atoms with Crippen LogP contribution in [0.15, 0.2) is 0 Å². The average Bonchev–Trinajstić information content (AvgIpc) is 2.24. The first-order valence-electron chi connectivity index (χ1n) is 6.07. The Bertz CT molecular complexity index is 322. The molecule has 0 aromatic carbocycles. The molecule has 0 spiro atoms. The first-order valence-corrected chi connectivity index (χ1v) is 6.07. The summed E-state index contributed by atoms with van der Waals surface area (Å²) >= 11 is 0. The van der Waals surface area contributed by atoms with Crippen molar-refractivity contribution in [3.63, 3.8) is 0 Å². The Hall–Kier alpha value is -1.44. The SMILES string of the molecule is O=C(O)CC1(NC(=O)NCCOCC(F)F)CCC1. The summed E-state index contributed by atoms with van der Waals surface area (Å²) in [7, 11) is 0. The van der Waals surface area contributed by atoms with E-state index < -0.39 is 30.6 Å². The van der Waals surface area contributed by atoms with Gasteiger partial charge < -0.3 is 20.5 Å². The van der Waals surface area contributed by atoms with E-state index in [1.807, 2.05) is 0 Å². The molecule has 1 rings (SSSR count). The maximum Gasteiger partial charge on any atom is 0.315 e. The summed E-state index contributed by atoms with van der Waals surface area (Å²) in [4.78, 5) is 22.2. The van der Waals surface area contributed by atoms with Gasteiger partial charge in [0.15, 0.2) is 0 Å². The van der Waals surface area contributed by atoms with E-state index in [4.69, 9.17) is 5.11 Å². The molecule has 0 aromatic heterocycles. The maximum atomic E-state index is 11.7. The number of carboxylic acids is 1. The summed E-state index contributed by atoms with van der Waals surface area (Å²) in [5, 5.41) is 13.8. The van der Waals surface area contributed by atoms with Crippen molar-refractivity contribution in [1.82, 2.24) is 10.6 Å². The summed E-state index contributed by atoms with van der Waals surface area (Å²) in [6.07, 6.45) is -0.487. The zero-order valence-corrected chi connectivity index (χ0v) is 10.5. The summed E-state index contributed by atoms with van der Waals surface area (Å²) in [5.74, 6) is -0.958. The number of hydrogen-bond acceptors (Lipinski definition) is 3.